The molecule has 0 rings (SSSR count). The first kappa shape index (κ1) is 26.9. The van der Waals surface area contributed by atoms with E-state index >= 15 is 0 Å². The van der Waals surface area contributed by atoms with Crippen LogP contribution < -0.4 is 10.6 Å². The third kappa shape index (κ3) is 13.1. The van der Waals surface area contributed by atoms with Gasteiger partial charge in [-0.15, -0.1) is 0 Å². The van der Waals surface area contributed by atoms with E-state index in [9.17, 15) is 9.59 Å². The van der Waals surface area contributed by atoms with E-state index in [0.29, 0.717) is 25.6 Å². The molecule has 6 nitrogen and oxygen atoms in total. The van der Waals surface area contributed by atoms with Gasteiger partial charge < -0.3 is 20.1 Å². The Kier molecular flexibility index (Phi) is 16.1. The number of carbonyl (C=O) groups is 2. The maximum Gasteiger partial charge on any atom is 0.242 e. The average molecular weight is 401 g/mol. The van der Waals surface area contributed by atoms with E-state index in [1.165, 1.54) is 6.92 Å². The summed E-state index contributed by atoms with van der Waals surface area (Å²) in [6, 6.07) is -0.752. The van der Waals surface area contributed by atoms with Gasteiger partial charge in [-0.1, -0.05) is 60.3 Å². The summed E-state index contributed by atoms with van der Waals surface area (Å²) < 4.78 is 12.0. The smallest absolute Gasteiger partial charge is 0.242 e. The first-order valence-corrected chi connectivity index (χ1v) is 11.2. The lowest BCUT2D eigenvalue weighted by atomic mass is 10.0. The zero-order chi connectivity index (χ0) is 21.4. The highest BCUT2D eigenvalue weighted by Gasteiger charge is 2.28. The second-order valence-corrected chi connectivity index (χ2v) is 7.96. The first-order chi connectivity index (χ1) is 13.3. The fourth-order valence-electron chi connectivity index (χ4n) is 2.90. The fraction of sp³-hybridized carbons (Fsp3) is 0.909. The average Bonchev–Trinajstić information content (AvgIpc) is 2.62. The van der Waals surface area contributed by atoms with Crippen LogP contribution in [0.15, 0.2) is 0 Å². The number of ether oxygens (including phenoxy) is 2. The lowest BCUT2D eigenvalue weighted by Crippen LogP contribution is -2.53. The van der Waals surface area contributed by atoms with Gasteiger partial charge in [0.15, 0.2) is 6.29 Å². The molecular weight excluding hydrogens is 356 g/mol. The van der Waals surface area contributed by atoms with Crippen LogP contribution in [0.3, 0.4) is 0 Å². The van der Waals surface area contributed by atoms with E-state index in [0.717, 1.165) is 44.9 Å². The highest BCUT2D eigenvalue weighted by molar-refractivity contribution is 5.87. The molecule has 2 amide bonds. The Morgan fingerprint density at radius 3 is 1.82 bits per heavy atom. The lowest BCUT2D eigenvalue weighted by molar-refractivity contribution is -0.166. The Morgan fingerprint density at radius 2 is 1.39 bits per heavy atom. The summed E-state index contributed by atoms with van der Waals surface area (Å²) in [6.07, 6.45) is 6.97. The minimum atomic E-state index is -0.534. The number of hydrogen-bond donors (Lipinski definition) is 2. The maximum atomic E-state index is 12.9. The minimum Gasteiger partial charge on any atom is -0.351 e. The second-order valence-electron chi connectivity index (χ2n) is 7.96. The molecule has 0 aromatic heterocycles. The number of hydrogen-bond acceptors (Lipinski definition) is 4. The topological polar surface area (TPSA) is 76.7 Å². The van der Waals surface area contributed by atoms with Gasteiger partial charge in [0.2, 0.25) is 11.8 Å². The van der Waals surface area contributed by atoms with E-state index in [2.05, 4.69) is 31.4 Å². The van der Waals surface area contributed by atoms with Crippen LogP contribution in [0.25, 0.3) is 0 Å². The Labute approximate surface area is 172 Å². The lowest BCUT2D eigenvalue weighted by Gasteiger charge is -2.30. The van der Waals surface area contributed by atoms with Gasteiger partial charge in [-0.3, -0.25) is 9.59 Å². The number of nitrogens with one attached hydrogen (secondary N) is 2. The molecule has 0 radical (unpaired) electrons. The summed E-state index contributed by atoms with van der Waals surface area (Å²) in [4.78, 5) is 24.5. The highest BCUT2D eigenvalue weighted by atomic mass is 16.7. The van der Waals surface area contributed by atoms with Crippen molar-refractivity contribution in [3.63, 3.8) is 0 Å². The summed E-state index contributed by atoms with van der Waals surface area (Å²) in [7, 11) is 0. The van der Waals surface area contributed by atoms with Gasteiger partial charge >= 0.3 is 0 Å². The Bertz CT molecular complexity index is 405. The van der Waals surface area contributed by atoms with Crippen LogP contribution in [-0.2, 0) is 19.1 Å². The van der Waals surface area contributed by atoms with E-state index < -0.39 is 12.3 Å². The molecule has 2 atom stereocenters. The zero-order valence-corrected chi connectivity index (χ0v) is 19.0. The molecule has 0 bridgehead atoms. The molecule has 0 saturated heterocycles. The van der Waals surface area contributed by atoms with Gasteiger partial charge in [-0.2, -0.15) is 0 Å². The summed E-state index contributed by atoms with van der Waals surface area (Å²) in [6.45, 7) is 13.1. The van der Waals surface area contributed by atoms with Gasteiger partial charge in [0.05, 0.1) is 6.04 Å². The van der Waals surface area contributed by atoms with Crippen LogP contribution in [0.5, 0.6) is 0 Å². The van der Waals surface area contributed by atoms with Crippen molar-refractivity contribution in [2.24, 2.45) is 5.92 Å². The van der Waals surface area contributed by atoms with Crippen molar-refractivity contribution >= 4 is 11.8 Å². The fourth-order valence-corrected chi connectivity index (χ4v) is 2.90. The molecule has 0 fully saturated rings. The van der Waals surface area contributed by atoms with Crippen molar-refractivity contribution < 1.29 is 19.1 Å². The molecule has 28 heavy (non-hydrogen) atoms. The zero-order valence-electron chi connectivity index (χ0n) is 19.0. The van der Waals surface area contributed by atoms with Gasteiger partial charge in [0.25, 0.3) is 0 Å². The molecule has 2 N–H and O–H groups in total. The van der Waals surface area contributed by atoms with Gasteiger partial charge in [0.1, 0.15) is 6.04 Å². The third-order valence-corrected chi connectivity index (χ3v) is 4.49. The molecule has 166 valence electrons. The molecule has 0 aromatic carbocycles. The Morgan fingerprint density at radius 1 is 0.857 bits per heavy atom. The molecule has 0 spiro atoms. The summed E-state index contributed by atoms with van der Waals surface area (Å²) in [5, 5.41) is 5.90. The summed E-state index contributed by atoms with van der Waals surface area (Å²) in [5.74, 6) is -0.0527. The predicted molar refractivity (Wildman–Crippen MR) is 114 cm³/mol. The standard InChI is InChI=1S/C22H44N2O4/c1-7-10-13-19(22(27-14-11-8-2)28-15-12-9-3)24-21(26)20(16-17(4)5)23-18(6)25/h17,19-20,22H,7-16H2,1-6H3,(H,23,25)(H,24,26)/t19?,20-/m0/s1. The van der Waals surface area contributed by atoms with E-state index in [1.54, 1.807) is 0 Å². The van der Waals surface area contributed by atoms with Gasteiger partial charge in [-0.25, -0.2) is 0 Å². The SMILES string of the molecule is CCCCOC(OCCCC)C(CCCC)NC(=O)[C@H](CC(C)C)NC(C)=O. The molecule has 6 heteroatoms. The minimum absolute atomic E-state index is 0.159. The normalized spacial score (nSPS) is 13.6. The molecule has 0 aliphatic carbocycles. The van der Waals surface area contributed by atoms with E-state index in [-0.39, 0.29) is 17.9 Å². The number of rotatable bonds is 17. The van der Waals surface area contributed by atoms with Crippen molar-refractivity contribution in [3.8, 4) is 0 Å². The van der Waals surface area contributed by atoms with Crippen LogP contribution in [0.4, 0.5) is 0 Å². The summed E-state index contributed by atoms with van der Waals surface area (Å²) >= 11 is 0. The highest BCUT2D eigenvalue weighted by Crippen LogP contribution is 2.14. The van der Waals surface area contributed by atoms with Gasteiger partial charge in [-0.05, 0) is 31.6 Å². The predicted octanol–water partition coefficient (Wildman–Crippen LogP) is 4.17. The molecule has 1 unspecified atom stereocenters. The van der Waals surface area contributed by atoms with Crippen molar-refractivity contribution in [2.75, 3.05) is 13.2 Å². The van der Waals surface area contributed by atoms with Crippen LogP contribution in [0.2, 0.25) is 0 Å². The summed E-state index contributed by atoms with van der Waals surface area (Å²) in [5.41, 5.74) is 0. The van der Waals surface area contributed by atoms with Crippen LogP contribution in [-0.4, -0.2) is 43.4 Å². The molecule has 0 heterocycles. The van der Waals surface area contributed by atoms with Gasteiger partial charge in [0, 0.05) is 20.1 Å². The monoisotopic (exact) mass is 400 g/mol. The molecule has 0 aromatic rings. The van der Waals surface area contributed by atoms with Crippen LogP contribution in [0.1, 0.15) is 92.9 Å². The first-order valence-electron chi connectivity index (χ1n) is 11.2. The molecule has 0 saturated carbocycles. The van der Waals surface area contributed by atoms with Crippen LogP contribution in [0, 0.1) is 5.92 Å². The molecule has 0 aliphatic heterocycles. The van der Waals surface area contributed by atoms with Crippen molar-refractivity contribution in [1.29, 1.82) is 0 Å². The maximum absolute atomic E-state index is 12.9. The molecule has 0 aliphatic rings. The largest absolute Gasteiger partial charge is 0.351 e. The number of carbonyl (C=O) groups excluding carboxylic acids is 2. The van der Waals surface area contributed by atoms with E-state index in [1.807, 2.05) is 13.8 Å². The quantitative estimate of drug-likeness (QED) is 0.284. The second kappa shape index (κ2) is 16.8. The Hall–Kier alpha value is -1.14. The van der Waals surface area contributed by atoms with Crippen molar-refractivity contribution in [3.05, 3.63) is 0 Å². The van der Waals surface area contributed by atoms with Crippen molar-refractivity contribution in [1.82, 2.24) is 10.6 Å². The van der Waals surface area contributed by atoms with E-state index in [4.69, 9.17) is 9.47 Å². The van der Waals surface area contributed by atoms with Crippen LogP contribution >= 0.6 is 0 Å². The number of unbranched alkanes of at least 4 members (excludes halogenated alkanes) is 3. The van der Waals surface area contributed by atoms with Crippen molar-refractivity contribution in [2.45, 2.75) is 111 Å². The number of amides is 2. The third-order valence-electron chi connectivity index (χ3n) is 4.49. The molecular formula is C22H44N2O4. The Balaban J connectivity index is 5.18.